The molecule has 0 fully saturated rings. The van der Waals surface area contributed by atoms with Gasteiger partial charge in [0, 0.05) is 18.7 Å². The standard InChI is InChI=1S/C17H18ClN3O6S/c1-26-14-8-13(15(27-2)7-12(14)18)21-17(23)16(22)20-9-10-3-5-11(6-4-10)28(19,24)25/h3-8H,9H2,1-2H3,(H,20,22)(H,21,23)(H2,19,24,25). The number of benzene rings is 2. The molecule has 0 aromatic heterocycles. The molecule has 9 nitrogen and oxygen atoms in total. The van der Waals surface area contributed by atoms with Gasteiger partial charge in [-0.2, -0.15) is 0 Å². The second kappa shape index (κ2) is 8.91. The monoisotopic (exact) mass is 427 g/mol. The number of rotatable bonds is 6. The lowest BCUT2D eigenvalue weighted by Crippen LogP contribution is -2.35. The first-order chi connectivity index (χ1) is 13.2. The van der Waals surface area contributed by atoms with Gasteiger partial charge >= 0.3 is 11.8 Å². The number of carbonyl (C=O) groups excluding carboxylic acids is 2. The van der Waals surface area contributed by atoms with Crippen LogP contribution in [-0.2, 0) is 26.2 Å². The molecular weight excluding hydrogens is 410 g/mol. The van der Waals surface area contributed by atoms with E-state index in [9.17, 15) is 18.0 Å². The van der Waals surface area contributed by atoms with Crippen LogP contribution < -0.4 is 25.2 Å². The zero-order valence-electron chi connectivity index (χ0n) is 15.0. The number of hydrogen-bond acceptors (Lipinski definition) is 6. The van der Waals surface area contributed by atoms with E-state index in [1.165, 1.54) is 50.6 Å². The molecule has 0 aliphatic carbocycles. The van der Waals surface area contributed by atoms with Crippen LogP contribution in [0.3, 0.4) is 0 Å². The van der Waals surface area contributed by atoms with Gasteiger partial charge in [0.1, 0.15) is 11.5 Å². The highest BCUT2D eigenvalue weighted by Crippen LogP contribution is 2.35. The van der Waals surface area contributed by atoms with Gasteiger partial charge in [0.25, 0.3) is 0 Å². The van der Waals surface area contributed by atoms with Crippen molar-refractivity contribution in [3.05, 3.63) is 47.0 Å². The Balaban J connectivity index is 2.03. The summed E-state index contributed by atoms with van der Waals surface area (Å²) >= 11 is 5.99. The first kappa shape index (κ1) is 21.5. The summed E-state index contributed by atoms with van der Waals surface area (Å²) in [5.41, 5.74) is 0.792. The molecule has 2 amide bonds. The van der Waals surface area contributed by atoms with Crippen molar-refractivity contribution >= 4 is 39.1 Å². The van der Waals surface area contributed by atoms with Crippen molar-refractivity contribution in [2.45, 2.75) is 11.4 Å². The number of halogens is 1. The number of nitrogens with two attached hydrogens (primary N) is 1. The van der Waals surface area contributed by atoms with Crippen molar-refractivity contribution in [3.63, 3.8) is 0 Å². The molecule has 4 N–H and O–H groups in total. The lowest BCUT2D eigenvalue weighted by Gasteiger charge is -2.13. The summed E-state index contributed by atoms with van der Waals surface area (Å²) in [6.45, 7) is 0.0121. The molecule has 0 atom stereocenters. The van der Waals surface area contributed by atoms with E-state index < -0.39 is 21.8 Å². The minimum absolute atomic E-state index is 0.0121. The highest BCUT2D eigenvalue weighted by atomic mass is 35.5. The summed E-state index contributed by atoms with van der Waals surface area (Å²) < 4.78 is 32.6. The van der Waals surface area contributed by atoms with Crippen molar-refractivity contribution in [1.82, 2.24) is 5.32 Å². The summed E-state index contributed by atoms with van der Waals surface area (Å²) in [6.07, 6.45) is 0. The molecule has 0 unspecified atom stereocenters. The zero-order chi connectivity index (χ0) is 20.9. The third-order valence-corrected chi connectivity index (χ3v) is 4.86. The van der Waals surface area contributed by atoms with Crippen LogP contribution in [0.5, 0.6) is 11.5 Å². The van der Waals surface area contributed by atoms with Crippen molar-refractivity contribution in [3.8, 4) is 11.5 Å². The van der Waals surface area contributed by atoms with E-state index in [1.54, 1.807) is 0 Å². The topological polar surface area (TPSA) is 137 Å². The fraction of sp³-hybridized carbons (Fsp3) is 0.176. The Labute approximate surface area is 166 Å². The molecule has 0 bridgehead atoms. The predicted octanol–water partition coefficient (Wildman–Crippen LogP) is 1.26. The van der Waals surface area contributed by atoms with Gasteiger partial charge in [0.15, 0.2) is 0 Å². The molecule has 0 aliphatic rings. The number of primary sulfonamides is 1. The van der Waals surface area contributed by atoms with Crippen LogP contribution in [-0.4, -0.2) is 34.5 Å². The van der Waals surface area contributed by atoms with Gasteiger partial charge in [0.2, 0.25) is 10.0 Å². The Morgan fingerprint density at radius 1 is 1.04 bits per heavy atom. The molecule has 0 saturated carbocycles. The average Bonchev–Trinajstić information content (AvgIpc) is 2.66. The van der Waals surface area contributed by atoms with Gasteiger partial charge < -0.3 is 20.1 Å². The van der Waals surface area contributed by atoms with Crippen LogP contribution in [0.15, 0.2) is 41.3 Å². The molecule has 0 radical (unpaired) electrons. The highest BCUT2D eigenvalue weighted by Gasteiger charge is 2.18. The number of nitrogens with one attached hydrogen (secondary N) is 2. The highest BCUT2D eigenvalue weighted by molar-refractivity contribution is 7.89. The van der Waals surface area contributed by atoms with E-state index in [-0.39, 0.29) is 27.9 Å². The average molecular weight is 428 g/mol. The maximum Gasteiger partial charge on any atom is 0.313 e. The fourth-order valence-electron chi connectivity index (χ4n) is 2.20. The van der Waals surface area contributed by atoms with Crippen molar-refractivity contribution in [2.75, 3.05) is 19.5 Å². The van der Waals surface area contributed by atoms with E-state index in [0.717, 1.165) is 0 Å². The van der Waals surface area contributed by atoms with Crippen LogP contribution in [0.2, 0.25) is 5.02 Å². The van der Waals surface area contributed by atoms with Crippen LogP contribution in [0.4, 0.5) is 5.69 Å². The van der Waals surface area contributed by atoms with Gasteiger partial charge in [-0.25, -0.2) is 13.6 Å². The molecule has 2 aromatic rings. The molecule has 2 aromatic carbocycles. The lowest BCUT2D eigenvalue weighted by molar-refractivity contribution is -0.136. The van der Waals surface area contributed by atoms with Crippen LogP contribution in [0.1, 0.15) is 5.56 Å². The third kappa shape index (κ3) is 5.35. The number of hydrogen-bond donors (Lipinski definition) is 3. The summed E-state index contributed by atoms with van der Waals surface area (Å²) in [7, 11) is -1.000. The molecular formula is C17H18ClN3O6S. The first-order valence-corrected chi connectivity index (χ1v) is 9.70. The Kier molecular flexibility index (Phi) is 6.84. The van der Waals surface area contributed by atoms with E-state index in [1.807, 2.05) is 0 Å². The van der Waals surface area contributed by atoms with Gasteiger partial charge in [0.05, 0.1) is 29.8 Å². The maximum atomic E-state index is 12.1. The second-order valence-corrected chi connectivity index (χ2v) is 7.48. The Morgan fingerprint density at radius 3 is 2.18 bits per heavy atom. The molecule has 2 rings (SSSR count). The lowest BCUT2D eigenvalue weighted by atomic mass is 10.2. The van der Waals surface area contributed by atoms with Crippen LogP contribution in [0.25, 0.3) is 0 Å². The SMILES string of the molecule is COc1cc(NC(=O)C(=O)NCc2ccc(S(N)(=O)=O)cc2)c(OC)cc1Cl. The Hall–Kier alpha value is -2.82. The zero-order valence-corrected chi connectivity index (χ0v) is 16.6. The van der Waals surface area contributed by atoms with Crippen molar-refractivity contribution in [2.24, 2.45) is 5.14 Å². The normalized spacial score (nSPS) is 10.9. The third-order valence-electron chi connectivity index (χ3n) is 3.63. The summed E-state index contributed by atoms with van der Waals surface area (Å²) in [4.78, 5) is 24.1. The molecule has 0 saturated heterocycles. The van der Waals surface area contributed by atoms with Gasteiger partial charge in [-0.15, -0.1) is 0 Å². The molecule has 0 spiro atoms. The molecule has 150 valence electrons. The maximum absolute atomic E-state index is 12.1. The Bertz CT molecular complexity index is 993. The molecule has 0 aliphatic heterocycles. The van der Waals surface area contributed by atoms with E-state index in [0.29, 0.717) is 11.3 Å². The van der Waals surface area contributed by atoms with Crippen molar-refractivity contribution in [1.29, 1.82) is 0 Å². The number of amides is 2. The summed E-state index contributed by atoms with van der Waals surface area (Å²) in [5.74, 6) is -1.27. The van der Waals surface area contributed by atoms with Gasteiger partial charge in [-0.1, -0.05) is 23.7 Å². The largest absolute Gasteiger partial charge is 0.495 e. The number of anilines is 1. The summed E-state index contributed by atoms with van der Waals surface area (Å²) in [6, 6.07) is 8.44. The van der Waals surface area contributed by atoms with Crippen LogP contribution >= 0.6 is 11.6 Å². The van der Waals surface area contributed by atoms with Crippen molar-refractivity contribution < 1.29 is 27.5 Å². The predicted molar refractivity (Wildman–Crippen MR) is 103 cm³/mol. The first-order valence-electron chi connectivity index (χ1n) is 7.78. The molecule has 0 heterocycles. The number of methoxy groups -OCH3 is 2. The minimum atomic E-state index is -3.80. The second-order valence-electron chi connectivity index (χ2n) is 5.51. The number of carbonyl (C=O) groups is 2. The Morgan fingerprint density at radius 2 is 1.64 bits per heavy atom. The van der Waals surface area contributed by atoms with E-state index in [4.69, 9.17) is 26.2 Å². The molecule has 28 heavy (non-hydrogen) atoms. The van der Waals surface area contributed by atoms with Gasteiger partial charge in [-0.3, -0.25) is 9.59 Å². The quantitative estimate of drug-likeness (QED) is 0.593. The number of sulfonamides is 1. The van der Waals surface area contributed by atoms with E-state index >= 15 is 0 Å². The van der Waals surface area contributed by atoms with Gasteiger partial charge in [-0.05, 0) is 17.7 Å². The van der Waals surface area contributed by atoms with E-state index in [2.05, 4.69) is 10.6 Å². The summed E-state index contributed by atoms with van der Waals surface area (Å²) in [5, 5.41) is 10.1. The minimum Gasteiger partial charge on any atom is -0.495 e. The fourth-order valence-corrected chi connectivity index (χ4v) is 2.94. The van der Waals surface area contributed by atoms with Crippen LogP contribution in [0, 0.1) is 0 Å². The smallest absolute Gasteiger partial charge is 0.313 e. The number of ether oxygens (including phenoxy) is 2. The molecule has 11 heteroatoms.